The van der Waals surface area contributed by atoms with Crippen LogP contribution in [0, 0.1) is 6.92 Å². The maximum absolute atomic E-state index is 13.7. The van der Waals surface area contributed by atoms with Crippen molar-refractivity contribution >= 4 is 22.6 Å². The van der Waals surface area contributed by atoms with E-state index in [1.165, 1.54) is 31.2 Å². The summed E-state index contributed by atoms with van der Waals surface area (Å²) in [6, 6.07) is 7.54. The Balaban J connectivity index is 2.35. The summed E-state index contributed by atoms with van der Waals surface area (Å²) in [5, 5.41) is 10.9. The van der Waals surface area contributed by atoms with E-state index in [9.17, 15) is 23.1 Å². The number of hydrogen-bond donors (Lipinski definition) is 2. The predicted octanol–water partition coefficient (Wildman–Crippen LogP) is 3.88. The summed E-state index contributed by atoms with van der Waals surface area (Å²) in [5.74, 6) is 0. The van der Waals surface area contributed by atoms with Gasteiger partial charge in [-0.15, -0.1) is 0 Å². The number of fused-ring (bicyclic) bond motifs is 1. The monoisotopic (exact) mass is 357 g/mol. The van der Waals surface area contributed by atoms with E-state index in [1.807, 2.05) is 0 Å². The normalized spacial score (nSPS) is 14.8. The van der Waals surface area contributed by atoms with Crippen molar-refractivity contribution < 1.29 is 22.7 Å². The van der Waals surface area contributed by atoms with Gasteiger partial charge >= 0.3 is 11.8 Å². The van der Waals surface area contributed by atoms with E-state index in [2.05, 4.69) is 4.98 Å². The van der Waals surface area contributed by atoms with Gasteiger partial charge in [-0.05, 0) is 43.3 Å². The molecule has 0 bridgehead atoms. The quantitative estimate of drug-likeness (QED) is 0.684. The molecule has 126 valence electrons. The minimum Gasteiger partial charge on any atom is -0.422 e. The minimum atomic E-state index is -5.15. The van der Waals surface area contributed by atoms with Crippen molar-refractivity contribution in [2.24, 2.45) is 0 Å². The molecule has 8 heteroatoms. The van der Waals surface area contributed by atoms with Gasteiger partial charge in [0, 0.05) is 16.1 Å². The molecule has 0 fully saturated rings. The van der Waals surface area contributed by atoms with Crippen molar-refractivity contribution in [3.8, 4) is 0 Å². The highest BCUT2D eigenvalue weighted by atomic mass is 35.5. The fraction of sp³-hybridized carbons (Fsp3) is 0.188. The van der Waals surface area contributed by atoms with E-state index in [-0.39, 0.29) is 16.0 Å². The molecule has 2 aromatic heterocycles. The van der Waals surface area contributed by atoms with E-state index >= 15 is 0 Å². The van der Waals surface area contributed by atoms with Crippen LogP contribution in [0.15, 0.2) is 45.6 Å². The molecular weight excluding hydrogens is 347 g/mol. The lowest BCUT2D eigenvalue weighted by Crippen LogP contribution is -2.46. The summed E-state index contributed by atoms with van der Waals surface area (Å²) in [6.07, 6.45) is -5.15. The largest absolute Gasteiger partial charge is 0.427 e. The maximum Gasteiger partial charge on any atom is 0.427 e. The van der Waals surface area contributed by atoms with Crippen molar-refractivity contribution in [2.45, 2.75) is 18.7 Å². The maximum atomic E-state index is 13.7. The summed E-state index contributed by atoms with van der Waals surface area (Å²) < 4.78 is 45.9. The van der Waals surface area contributed by atoms with Crippen LogP contribution in [0.4, 0.5) is 13.2 Å². The first-order valence-corrected chi connectivity index (χ1v) is 7.20. The van der Waals surface area contributed by atoms with Crippen LogP contribution >= 0.6 is 11.6 Å². The molecule has 4 nitrogen and oxygen atoms in total. The topological polar surface area (TPSA) is 66.2 Å². The van der Waals surface area contributed by atoms with Crippen LogP contribution < -0.4 is 5.63 Å². The Hall–Kier alpha value is -2.25. The molecule has 2 N–H and O–H groups in total. The number of aliphatic hydroxyl groups is 1. The fourth-order valence-electron chi connectivity index (χ4n) is 2.51. The molecule has 1 atom stereocenters. The van der Waals surface area contributed by atoms with Gasteiger partial charge in [-0.2, -0.15) is 13.2 Å². The van der Waals surface area contributed by atoms with Crippen LogP contribution in [0.3, 0.4) is 0 Å². The van der Waals surface area contributed by atoms with E-state index in [1.54, 1.807) is 0 Å². The van der Waals surface area contributed by atoms with Gasteiger partial charge in [0.1, 0.15) is 5.58 Å². The number of hydrogen-bond acceptors (Lipinski definition) is 3. The lowest BCUT2D eigenvalue weighted by atomic mass is 9.90. The van der Waals surface area contributed by atoms with Crippen LogP contribution in [0.5, 0.6) is 0 Å². The molecule has 1 aromatic carbocycles. The Kier molecular flexibility index (Phi) is 3.73. The van der Waals surface area contributed by atoms with Gasteiger partial charge < -0.3 is 14.5 Å². The van der Waals surface area contributed by atoms with E-state index in [4.69, 9.17) is 16.0 Å². The molecular formula is C16H11ClF3NO3. The molecule has 3 aromatic rings. The second-order valence-corrected chi connectivity index (χ2v) is 5.83. The number of aryl methyl sites for hydroxylation is 1. The third kappa shape index (κ3) is 2.50. The zero-order valence-electron chi connectivity index (χ0n) is 12.2. The molecule has 0 saturated heterocycles. The third-order valence-corrected chi connectivity index (χ3v) is 3.95. The highest BCUT2D eigenvalue weighted by Gasteiger charge is 2.59. The Bertz CT molecular complexity index is 977. The standard InChI is InChI=1S/C16H11ClF3NO3/c1-8-2-5-13(21-8)15(23,16(18,19)20)11-7-9-6-10(17)3-4-12(9)24-14(11)22/h2-7,21,23H,1H3. The number of benzene rings is 1. The van der Waals surface area contributed by atoms with Crippen LogP contribution in [-0.2, 0) is 5.60 Å². The Morgan fingerprint density at radius 3 is 2.46 bits per heavy atom. The highest BCUT2D eigenvalue weighted by Crippen LogP contribution is 2.43. The predicted molar refractivity (Wildman–Crippen MR) is 82.1 cm³/mol. The lowest BCUT2D eigenvalue weighted by molar-refractivity contribution is -0.250. The number of rotatable bonds is 2. The number of H-pyrrole nitrogens is 1. The first kappa shape index (κ1) is 16.6. The average Bonchev–Trinajstić information content (AvgIpc) is 2.92. The van der Waals surface area contributed by atoms with Gasteiger partial charge in [0.25, 0.3) is 0 Å². The van der Waals surface area contributed by atoms with Crippen LogP contribution in [0.2, 0.25) is 5.02 Å². The van der Waals surface area contributed by atoms with Gasteiger partial charge in [-0.25, -0.2) is 4.79 Å². The zero-order valence-corrected chi connectivity index (χ0v) is 13.0. The lowest BCUT2D eigenvalue weighted by Gasteiger charge is -2.29. The summed E-state index contributed by atoms with van der Waals surface area (Å²) >= 11 is 5.82. The number of alkyl halides is 3. The van der Waals surface area contributed by atoms with E-state index in [0.29, 0.717) is 5.69 Å². The Labute approximate surface area is 138 Å². The summed E-state index contributed by atoms with van der Waals surface area (Å²) in [7, 11) is 0. The molecule has 0 spiro atoms. The molecule has 24 heavy (non-hydrogen) atoms. The van der Waals surface area contributed by atoms with E-state index < -0.39 is 28.7 Å². The highest BCUT2D eigenvalue weighted by molar-refractivity contribution is 6.31. The van der Waals surface area contributed by atoms with Gasteiger partial charge in [-0.3, -0.25) is 0 Å². The number of aromatic nitrogens is 1. The zero-order chi connectivity index (χ0) is 17.7. The SMILES string of the molecule is Cc1ccc(C(O)(c2cc3cc(Cl)ccc3oc2=O)C(F)(F)F)[nH]1. The van der Waals surface area contributed by atoms with Gasteiger partial charge in [-0.1, -0.05) is 11.6 Å². The van der Waals surface area contributed by atoms with E-state index in [0.717, 1.165) is 12.1 Å². The van der Waals surface area contributed by atoms with Crippen LogP contribution in [-0.4, -0.2) is 16.3 Å². The molecule has 0 radical (unpaired) electrons. The molecule has 2 heterocycles. The Morgan fingerprint density at radius 1 is 1.17 bits per heavy atom. The number of nitrogens with one attached hydrogen (secondary N) is 1. The number of aromatic amines is 1. The van der Waals surface area contributed by atoms with Crippen LogP contribution in [0.1, 0.15) is 17.0 Å². The second-order valence-electron chi connectivity index (χ2n) is 5.39. The van der Waals surface area contributed by atoms with Crippen molar-refractivity contribution in [3.63, 3.8) is 0 Å². The van der Waals surface area contributed by atoms with Crippen molar-refractivity contribution in [1.82, 2.24) is 4.98 Å². The molecule has 3 rings (SSSR count). The van der Waals surface area contributed by atoms with Crippen molar-refractivity contribution in [1.29, 1.82) is 0 Å². The number of halogens is 4. The minimum absolute atomic E-state index is 0.0698. The molecule has 0 saturated carbocycles. The molecule has 0 aliphatic heterocycles. The van der Waals surface area contributed by atoms with Crippen molar-refractivity contribution in [2.75, 3.05) is 0 Å². The van der Waals surface area contributed by atoms with Gasteiger partial charge in [0.15, 0.2) is 0 Å². The summed E-state index contributed by atoms with van der Waals surface area (Å²) in [4.78, 5) is 14.5. The van der Waals surface area contributed by atoms with Gasteiger partial charge in [0.2, 0.25) is 5.60 Å². The molecule has 0 aliphatic carbocycles. The fourth-order valence-corrected chi connectivity index (χ4v) is 2.69. The summed E-state index contributed by atoms with van der Waals surface area (Å²) in [5.41, 5.74) is -5.84. The Morgan fingerprint density at radius 2 is 1.88 bits per heavy atom. The van der Waals surface area contributed by atoms with Crippen molar-refractivity contribution in [3.05, 3.63) is 68.8 Å². The first-order chi connectivity index (χ1) is 11.1. The molecule has 1 unspecified atom stereocenters. The third-order valence-electron chi connectivity index (χ3n) is 3.72. The first-order valence-electron chi connectivity index (χ1n) is 6.82. The average molecular weight is 358 g/mol. The van der Waals surface area contributed by atoms with Crippen LogP contribution in [0.25, 0.3) is 11.0 Å². The molecule has 0 amide bonds. The smallest absolute Gasteiger partial charge is 0.422 e. The van der Waals surface area contributed by atoms with Gasteiger partial charge in [0.05, 0.1) is 11.3 Å². The summed E-state index contributed by atoms with van der Waals surface area (Å²) in [6.45, 7) is 1.53. The molecule has 0 aliphatic rings. The second kappa shape index (κ2) is 5.39.